The van der Waals surface area contributed by atoms with Gasteiger partial charge in [-0.25, -0.2) is 9.79 Å². The lowest BCUT2D eigenvalue weighted by Crippen LogP contribution is -2.30. The fourth-order valence-corrected chi connectivity index (χ4v) is 3.74. The molecule has 0 fully saturated rings. The summed E-state index contributed by atoms with van der Waals surface area (Å²) in [7, 11) is 3.41. The number of anilines is 2. The number of nitro groups is 1. The van der Waals surface area contributed by atoms with Crippen LogP contribution in [0, 0.1) is 21.4 Å². The van der Waals surface area contributed by atoms with Gasteiger partial charge in [0, 0.05) is 32.8 Å². The molecule has 1 aromatic heterocycles. The number of carboxylic acids is 1. The van der Waals surface area contributed by atoms with E-state index in [1.165, 1.54) is 30.3 Å². The second-order valence-corrected chi connectivity index (χ2v) is 9.17. The minimum Gasteiger partial charge on any atom is -0.480 e. The van der Waals surface area contributed by atoms with E-state index in [0.717, 1.165) is 0 Å². The van der Waals surface area contributed by atoms with Gasteiger partial charge in [-0.1, -0.05) is 6.07 Å². The summed E-state index contributed by atoms with van der Waals surface area (Å²) >= 11 is 0. The fraction of sp³-hybridized carbons (Fsp3) is 0.231. The molecule has 0 amide bonds. The van der Waals surface area contributed by atoms with E-state index < -0.39 is 40.3 Å². The third-order valence-corrected chi connectivity index (χ3v) is 5.64. The predicted molar refractivity (Wildman–Crippen MR) is 161 cm³/mol. The Labute approximate surface area is 250 Å². The van der Waals surface area contributed by atoms with Gasteiger partial charge in [-0.05, 0) is 37.1 Å². The zero-order valence-corrected chi connectivity index (χ0v) is 23.7. The number of nitrogens with one attached hydrogen (secondary N) is 1. The van der Waals surface area contributed by atoms with Crippen molar-refractivity contribution in [2.24, 2.45) is 32.9 Å². The molecular weight excluding hydrogens is 576 g/mol. The number of guanidine groups is 2. The monoisotopic (exact) mass is 606 g/mol. The van der Waals surface area contributed by atoms with Crippen molar-refractivity contribution in [2.45, 2.75) is 18.9 Å². The van der Waals surface area contributed by atoms with E-state index in [-0.39, 0.29) is 42.8 Å². The van der Waals surface area contributed by atoms with E-state index in [9.17, 15) is 25.3 Å². The molecule has 230 valence electrons. The Morgan fingerprint density at radius 2 is 1.86 bits per heavy atom. The van der Waals surface area contributed by atoms with Gasteiger partial charge in [0.2, 0.25) is 5.82 Å². The number of aromatic nitrogens is 2. The molecule has 0 radical (unpaired) electrons. The maximum absolute atomic E-state index is 12.3. The van der Waals surface area contributed by atoms with Crippen LogP contribution in [-0.2, 0) is 4.79 Å². The van der Waals surface area contributed by atoms with E-state index >= 15 is 0 Å². The van der Waals surface area contributed by atoms with Crippen LogP contribution < -0.4 is 42.6 Å². The van der Waals surface area contributed by atoms with Crippen LogP contribution in [-0.4, -0.2) is 64.6 Å². The van der Waals surface area contributed by atoms with Crippen LogP contribution in [0.4, 0.5) is 22.9 Å². The van der Waals surface area contributed by atoms with E-state index in [4.69, 9.17) is 32.4 Å². The number of ether oxygens (including phenoxy) is 2. The molecule has 2 aromatic carbocycles. The Balaban J connectivity index is 2.12. The van der Waals surface area contributed by atoms with E-state index in [1.807, 2.05) is 0 Å². The number of aliphatic carboxylic acids is 1. The van der Waals surface area contributed by atoms with Crippen LogP contribution in [0.3, 0.4) is 0 Å². The number of carboxylic acid groups (broad SMARTS) is 1. The predicted octanol–water partition coefficient (Wildman–Crippen LogP) is 1.73. The van der Waals surface area contributed by atoms with Gasteiger partial charge < -0.3 is 47.7 Å². The van der Waals surface area contributed by atoms with Gasteiger partial charge in [0.25, 0.3) is 0 Å². The Hall–Kier alpha value is -6.38. The highest BCUT2D eigenvalue weighted by atomic mass is 16.6. The molecule has 3 rings (SSSR count). The highest BCUT2D eigenvalue weighted by Crippen LogP contribution is 2.39. The highest BCUT2D eigenvalue weighted by molar-refractivity contribution is 5.80. The molecule has 1 atom stereocenters. The van der Waals surface area contributed by atoms with Gasteiger partial charge in [0.15, 0.2) is 11.9 Å². The number of carbonyl (C=O) groups is 1. The fourth-order valence-electron chi connectivity index (χ4n) is 3.74. The summed E-state index contributed by atoms with van der Waals surface area (Å²) in [6.07, 6.45) is 0.200. The number of nitrogens with zero attached hydrogens (tertiary/aromatic N) is 7. The number of hydrogen-bond donors (Lipinski definition) is 6. The Kier molecular flexibility index (Phi) is 10.6. The quantitative estimate of drug-likeness (QED) is 0.0500. The molecule has 0 spiro atoms. The molecule has 0 aliphatic rings. The van der Waals surface area contributed by atoms with Crippen LogP contribution in [0.5, 0.6) is 23.4 Å². The first-order valence-electron chi connectivity index (χ1n) is 12.8. The first-order valence-corrected chi connectivity index (χ1v) is 12.8. The summed E-state index contributed by atoms with van der Waals surface area (Å²) in [5.41, 5.74) is 21.9. The van der Waals surface area contributed by atoms with E-state index in [1.54, 1.807) is 31.1 Å². The smallest absolute Gasteiger partial charge is 0.373 e. The zero-order chi connectivity index (χ0) is 32.4. The molecule has 1 unspecified atom stereocenters. The minimum atomic E-state index is -1.35. The Morgan fingerprint density at radius 1 is 1.14 bits per heavy atom. The molecule has 0 aliphatic heterocycles. The average Bonchev–Trinajstić information content (AvgIpc) is 2.93. The number of nitrogens with two attached hydrogens (primary N) is 4. The van der Waals surface area contributed by atoms with Crippen LogP contribution in [0.15, 0.2) is 52.4 Å². The standard InChI is InChI=1S/C26H30N12O6/c1-37(2)19-12-17(9-8-14(19)13-27)43-22-20(38(41)42)21(34-18(23(39)40)7-4-10-32-24(28)29)35-26(36-22)44-16-6-3-5-15(11-16)33-25(30)31/h3,5-6,8-9,11-12,18H,4,7,10H2,1-2H3,(H,39,40)(H4,28,29,32)(H4,30,31,33)(H,34,35,36). The van der Waals surface area contributed by atoms with Crippen molar-refractivity contribution >= 4 is 40.8 Å². The third kappa shape index (κ3) is 8.81. The van der Waals surface area contributed by atoms with Gasteiger partial charge >= 0.3 is 23.5 Å². The summed E-state index contributed by atoms with van der Waals surface area (Å²) in [5, 5.41) is 34.1. The lowest BCUT2D eigenvalue weighted by Gasteiger charge is -2.18. The Bertz CT molecular complexity index is 1630. The normalized spacial score (nSPS) is 10.9. The van der Waals surface area contributed by atoms with E-state index in [2.05, 4.69) is 31.3 Å². The van der Waals surface area contributed by atoms with Crippen LogP contribution >= 0.6 is 0 Å². The molecule has 18 heteroatoms. The zero-order valence-electron chi connectivity index (χ0n) is 23.7. The van der Waals surface area contributed by atoms with E-state index in [0.29, 0.717) is 16.9 Å². The topological polar surface area (TPSA) is 293 Å². The largest absolute Gasteiger partial charge is 0.480 e. The minimum absolute atomic E-state index is 0.0258. The number of rotatable bonds is 14. The molecule has 0 aliphatic carbocycles. The van der Waals surface area contributed by atoms with Gasteiger partial charge in [-0.15, -0.1) is 0 Å². The van der Waals surface area contributed by atoms with Gasteiger partial charge in [0.1, 0.15) is 23.6 Å². The van der Waals surface area contributed by atoms with Crippen molar-refractivity contribution in [3.63, 3.8) is 0 Å². The van der Waals surface area contributed by atoms with Crippen LogP contribution in [0.25, 0.3) is 0 Å². The maximum Gasteiger partial charge on any atom is 0.373 e. The molecule has 3 aromatic rings. The van der Waals surface area contributed by atoms with Crippen molar-refractivity contribution in [3.05, 3.63) is 58.1 Å². The summed E-state index contributed by atoms with van der Waals surface area (Å²) in [5.74, 6) is -2.50. The van der Waals surface area contributed by atoms with Crippen LogP contribution in [0.2, 0.25) is 0 Å². The highest BCUT2D eigenvalue weighted by Gasteiger charge is 2.31. The van der Waals surface area contributed by atoms with Crippen LogP contribution in [0.1, 0.15) is 18.4 Å². The molecule has 1 heterocycles. The van der Waals surface area contributed by atoms with Crippen molar-refractivity contribution in [3.8, 4) is 29.5 Å². The third-order valence-electron chi connectivity index (χ3n) is 5.64. The Morgan fingerprint density at radius 3 is 2.48 bits per heavy atom. The lowest BCUT2D eigenvalue weighted by atomic mass is 10.1. The summed E-state index contributed by atoms with van der Waals surface area (Å²) in [6, 6.07) is 10.8. The van der Waals surface area contributed by atoms with Gasteiger partial charge in [-0.2, -0.15) is 15.2 Å². The van der Waals surface area contributed by atoms with Gasteiger partial charge in [-0.3, -0.25) is 15.1 Å². The number of hydrogen-bond acceptors (Lipinski definition) is 12. The second-order valence-electron chi connectivity index (χ2n) is 9.17. The SMILES string of the molecule is CN(C)c1cc(Oc2nc(Oc3cccc(N=C(N)N)c3)nc(NC(CCCN=C(N)N)C(=O)O)c2[N+](=O)[O-])ccc1C#N. The van der Waals surface area contributed by atoms with Crippen molar-refractivity contribution < 1.29 is 24.3 Å². The average molecular weight is 607 g/mol. The molecule has 0 saturated carbocycles. The number of aliphatic imine (C=N–C) groups is 2. The number of benzene rings is 2. The molecule has 10 N–H and O–H groups in total. The summed E-state index contributed by atoms with van der Waals surface area (Å²) < 4.78 is 11.6. The van der Waals surface area contributed by atoms with Crippen molar-refractivity contribution in [1.82, 2.24) is 9.97 Å². The molecule has 18 nitrogen and oxygen atoms in total. The summed E-state index contributed by atoms with van der Waals surface area (Å²) in [4.78, 5) is 41.2. The summed E-state index contributed by atoms with van der Waals surface area (Å²) in [6.45, 7) is 0.126. The number of nitriles is 1. The lowest BCUT2D eigenvalue weighted by molar-refractivity contribution is -0.385. The first kappa shape index (κ1) is 32.1. The second kappa shape index (κ2) is 14.5. The molecular formula is C26H30N12O6. The maximum atomic E-state index is 12.3. The van der Waals surface area contributed by atoms with Gasteiger partial charge in [0.05, 0.1) is 21.9 Å². The molecule has 44 heavy (non-hydrogen) atoms. The molecule has 0 bridgehead atoms. The van der Waals surface area contributed by atoms with Crippen molar-refractivity contribution in [1.29, 1.82) is 5.26 Å². The van der Waals surface area contributed by atoms with Crippen molar-refractivity contribution in [2.75, 3.05) is 30.9 Å². The molecule has 0 saturated heterocycles. The first-order chi connectivity index (χ1) is 20.9.